The lowest BCUT2D eigenvalue weighted by molar-refractivity contribution is 0.210. The molecule has 84 valence electrons. The SMILES string of the molecule is COCCNc1ccc(C(C)(C)C)cn1. The van der Waals surface area contributed by atoms with Gasteiger partial charge in [0.2, 0.25) is 0 Å². The van der Waals surface area contributed by atoms with Crippen molar-refractivity contribution in [2.45, 2.75) is 26.2 Å². The van der Waals surface area contributed by atoms with Crippen LogP contribution in [0.1, 0.15) is 26.3 Å². The molecule has 1 rings (SSSR count). The van der Waals surface area contributed by atoms with Crippen LogP contribution in [0.15, 0.2) is 18.3 Å². The Kier molecular flexibility index (Phi) is 4.09. The van der Waals surface area contributed by atoms with Crippen LogP contribution in [0, 0.1) is 0 Å². The number of anilines is 1. The summed E-state index contributed by atoms with van der Waals surface area (Å²) in [7, 11) is 1.69. The highest BCUT2D eigenvalue weighted by Crippen LogP contribution is 2.21. The predicted molar refractivity (Wildman–Crippen MR) is 63.3 cm³/mol. The highest BCUT2D eigenvalue weighted by Gasteiger charge is 2.13. The summed E-state index contributed by atoms with van der Waals surface area (Å²) in [6.45, 7) is 8.03. The summed E-state index contributed by atoms with van der Waals surface area (Å²) < 4.78 is 4.95. The van der Waals surface area contributed by atoms with Gasteiger partial charge in [0.15, 0.2) is 0 Å². The van der Waals surface area contributed by atoms with Crippen molar-refractivity contribution in [3.05, 3.63) is 23.9 Å². The van der Waals surface area contributed by atoms with Gasteiger partial charge in [0.1, 0.15) is 5.82 Å². The first-order valence-electron chi connectivity index (χ1n) is 5.23. The molecule has 1 heterocycles. The number of aromatic nitrogens is 1. The van der Waals surface area contributed by atoms with Gasteiger partial charge in [-0.2, -0.15) is 0 Å². The number of pyridine rings is 1. The van der Waals surface area contributed by atoms with Crippen molar-refractivity contribution in [1.29, 1.82) is 0 Å². The number of methoxy groups -OCH3 is 1. The lowest BCUT2D eigenvalue weighted by atomic mass is 9.88. The molecule has 0 radical (unpaired) electrons. The Hall–Kier alpha value is -1.09. The van der Waals surface area contributed by atoms with Crippen LogP contribution in [0.4, 0.5) is 5.82 Å². The molecule has 0 aliphatic rings. The topological polar surface area (TPSA) is 34.1 Å². The molecule has 0 aliphatic carbocycles. The van der Waals surface area contributed by atoms with Gasteiger partial charge >= 0.3 is 0 Å². The summed E-state index contributed by atoms with van der Waals surface area (Å²) >= 11 is 0. The molecule has 0 aromatic carbocycles. The van der Waals surface area contributed by atoms with E-state index in [4.69, 9.17) is 4.74 Å². The summed E-state index contributed by atoms with van der Waals surface area (Å²) in [5, 5.41) is 3.19. The second-order valence-corrected chi connectivity index (χ2v) is 4.60. The van der Waals surface area contributed by atoms with Crippen LogP contribution in [0.25, 0.3) is 0 Å². The Morgan fingerprint density at radius 2 is 2.07 bits per heavy atom. The van der Waals surface area contributed by atoms with E-state index in [-0.39, 0.29) is 5.41 Å². The molecule has 1 N–H and O–H groups in total. The van der Waals surface area contributed by atoms with E-state index >= 15 is 0 Å². The molecule has 0 fully saturated rings. The summed E-state index contributed by atoms with van der Waals surface area (Å²) in [5.41, 5.74) is 1.41. The molecular weight excluding hydrogens is 188 g/mol. The second kappa shape index (κ2) is 5.12. The monoisotopic (exact) mass is 208 g/mol. The molecule has 15 heavy (non-hydrogen) atoms. The largest absolute Gasteiger partial charge is 0.383 e. The molecule has 0 saturated heterocycles. The van der Waals surface area contributed by atoms with Crippen LogP contribution < -0.4 is 5.32 Å². The smallest absolute Gasteiger partial charge is 0.125 e. The van der Waals surface area contributed by atoms with E-state index in [1.54, 1.807) is 7.11 Å². The maximum Gasteiger partial charge on any atom is 0.125 e. The lowest BCUT2D eigenvalue weighted by Gasteiger charge is -2.18. The average molecular weight is 208 g/mol. The third-order valence-corrected chi connectivity index (χ3v) is 2.24. The van der Waals surface area contributed by atoms with E-state index in [0.717, 1.165) is 12.4 Å². The third-order valence-electron chi connectivity index (χ3n) is 2.24. The first-order chi connectivity index (χ1) is 7.04. The van der Waals surface area contributed by atoms with Crippen LogP contribution >= 0.6 is 0 Å². The fourth-order valence-corrected chi connectivity index (χ4v) is 1.22. The minimum absolute atomic E-state index is 0.165. The minimum Gasteiger partial charge on any atom is -0.383 e. The summed E-state index contributed by atoms with van der Waals surface area (Å²) in [5.74, 6) is 0.903. The molecule has 1 aromatic rings. The molecule has 0 saturated carbocycles. The van der Waals surface area contributed by atoms with E-state index in [1.165, 1.54) is 5.56 Å². The van der Waals surface area contributed by atoms with Crippen LogP contribution in [0.3, 0.4) is 0 Å². The zero-order valence-corrected chi connectivity index (χ0v) is 10.0. The van der Waals surface area contributed by atoms with Crippen LogP contribution in [0.5, 0.6) is 0 Å². The van der Waals surface area contributed by atoms with Crippen molar-refractivity contribution in [2.75, 3.05) is 25.6 Å². The molecule has 1 aromatic heterocycles. The Balaban J connectivity index is 2.57. The molecule has 3 nitrogen and oxygen atoms in total. The maximum atomic E-state index is 4.95. The first-order valence-corrected chi connectivity index (χ1v) is 5.23. The lowest BCUT2D eigenvalue weighted by Crippen LogP contribution is -2.13. The second-order valence-electron chi connectivity index (χ2n) is 4.60. The first kappa shape index (κ1) is 12.0. The van der Waals surface area contributed by atoms with Gasteiger partial charge in [0.05, 0.1) is 6.61 Å². The number of nitrogens with zero attached hydrogens (tertiary/aromatic N) is 1. The van der Waals surface area contributed by atoms with Gasteiger partial charge in [-0.1, -0.05) is 26.8 Å². The van der Waals surface area contributed by atoms with E-state index in [9.17, 15) is 0 Å². The standard InChI is InChI=1S/C12H20N2O/c1-12(2,3)10-5-6-11(14-9-10)13-7-8-15-4/h5-6,9H,7-8H2,1-4H3,(H,13,14). The molecule has 0 unspecified atom stereocenters. The molecule has 0 bridgehead atoms. The Labute approximate surface area is 91.9 Å². The van der Waals surface area contributed by atoms with E-state index < -0.39 is 0 Å². The Morgan fingerprint density at radius 1 is 1.33 bits per heavy atom. The van der Waals surface area contributed by atoms with Crippen molar-refractivity contribution < 1.29 is 4.74 Å². The molecule has 0 atom stereocenters. The van der Waals surface area contributed by atoms with E-state index in [0.29, 0.717) is 6.61 Å². The van der Waals surface area contributed by atoms with Gasteiger partial charge in [-0.05, 0) is 17.0 Å². The summed E-state index contributed by atoms with van der Waals surface area (Å²) in [6.07, 6.45) is 1.93. The van der Waals surface area contributed by atoms with Crippen molar-refractivity contribution in [3.8, 4) is 0 Å². The maximum absolute atomic E-state index is 4.95. The average Bonchev–Trinajstić information content (AvgIpc) is 2.18. The van der Waals surface area contributed by atoms with Crippen molar-refractivity contribution in [2.24, 2.45) is 0 Å². The molecular formula is C12H20N2O. The van der Waals surface area contributed by atoms with Gasteiger partial charge in [0.25, 0.3) is 0 Å². The fourth-order valence-electron chi connectivity index (χ4n) is 1.22. The zero-order chi connectivity index (χ0) is 11.3. The number of ether oxygens (including phenoxy) is 1. The Morgan fingerprint density at radius 3 is 2.53 bits per heavy atom. The van der Waals surface area contributed by atoms with E-state index in [1.807, 2.05) is 12.3 Å². The van der Waals surface area contributed by atoms with Gasteiger partial charge in [-0.25, -0.2) is 4.98 Å². The quantitative estimate of drug-likeness (QED) is 0.772. The number of hydrogen-bond donors (Lipinski definition) is 1. The number of hydrogen-bond acceptors (Lipinski definition) is 3. The fraction of sp³-hybridized carbons (Fsp3) is 0.583. The highest BCUT2D eigenvalue weighted by atomic mass is 16.5. The van der Waals surface area contributed by atoms with Crippen LogP contribution in [-0.2, 0) is 10.2 Å². The van der Waals surface area contributed by atoms with Crippen molar-refractivity contribution >= 4 is 5.82 Å². The minimum atomic E-state index is 0.165. The van der Waals surface area contributed by atoms with Crippen LogP contribution in [0.2, 0.25) is 0 Å². The molecule has 3 heteroatoms. The van der Waals surface area contributed by atoms with Gasteiger partial charge < -0.3 is 10.1 Å². The van der Waals surface area contributed by atoms with Gasteiger partial charge in [0, 0.05) is 19.9 Å². The molecule has 0 aliphatic heterocycles. The summed E-state index contributed by atoms with van der Waals surface area (Å²) in [6, 6.07) is 4.12. The molecule has 0 amide bonds. The zero-order valence-electron chi connectivity index (χ0n) is 10.0. The Bertz CT molecular complexity index is 287. The predicted octanol–water partition coefficient (Wildman–Crippen LogP) is 2.44. The summed E-state index contributed by atoms with van der Waals surface area (Å²) in [4.78, 5) is 4.35. The van der Waals surface area contributed by atoms with Gasteiger partial charge in [-0.3, -0.25) is 0 Å². The number of rotatable bonds is 4. The van der Waals surface area contributed by atoms with Crippen LogP contribution in [-0.4, -0.2) is 25.2 Å². The van der Waals surface area contributed by atoms with E-state index in [2.05, 4.69) is 37.1 Å². The van der Waals surface area contributed by atoms with Gasteiger partial charge in [-0.15, -0.1) is 0 Å². The molecule has 0 spiro atoms. The number of nitrogens with one attached hydrogen (secondary N) is 1. The van der Waals surface area contributed by atoms with Crippen molar-refractivity contribution in [1.82, 2.24) is 4.98 Å². The normalized spacial score (nSPS) is 11.5. The van der Waals surface area contributed by atoms with Crippen molar-refractivity contribution in [3.63, 3.8) is 0 Å². The highest BCUT2D eigenvalue weighted by molar-refractivity contribution is 5.36. The third kappa shape index (κ3) is 3.88.